The number of aryl methyl sites for hydroxylation is 1. The number of aromatic nitrogens is 3. The molecule has 0 spiro atoms. The van der Waals surface area contributed by atoms with Crippen LogP contribution in [-0.2, 0) is 7.05 Å². The molecular formula is C14H19N5. The van der Waals surface area contributed by atoms with E-state index in [0.29, 0.717) is 0 Å². The van der Waals surface area contributed by atoms with Gasteiger partial charge < -0.3 is 9.88 Å². The Morgan fingerprint density at radius 3 is 2.63 bits per heavy atom. The first-order chi connectivity index (χ1) is 9.36. The Labute approximate surface area is 113 Å². The summed E-state index contributed by atoms with van der Waals surface area (Å²) in [4.78, 5) is 11.5. The maximum atomic E-state index is 4.54. The molecule has 5 nitrogen and oxygen atoms in total. The van der Waals surface area contributed by atoms with Crippen LogP contribution in [0.25, 0.3) is 0 Å². The fraction of sp³-hybridized carbons (Fsp3) is 0.429. The maximum Gasteiger partial charge on any atom is 0.132 e. The zero-order chi connectivity index (χ0) is 13.1. The van der Waals surface area contributed by atoms with Crippen molar-refractivity contribution in [2.75, 3.05) is 26.2 Å². The third-order valence-corrected chi connectivity index (χ3v) is 3.59. The van der Waals surface area contributed by atoms with Crippen LogP contribution in [-0.4, -0.2) is 45.6 Å². The minimum Gasteiger partial charge on any atom is -0.336 e. The lowest BCUT2D eigenvalue weighted by molar-refractivity contribution is 0.187. The van der Waals surface area contributed by atoms with E-state index in [9.17, 15) is 0 Å². The predicted octanol–water partition coefficient (Wildman–Crippen LogP) is 0.810. The van der Waals surface area contributed by atoms with Gasteiger partial charge in [-0.25, -0.2) is 4.98 Å². The second kappa shape index (κ2) is 5.50. The lowest BCUT2D eigenvalue weighted by atomic mass is 10.1. The molecule has 3 rings (SSSR count). The molecule has 19 heavy (non-hydrogen) atoms. The highest BCUT2D eigenvalue weighted by Gasteiger charge is 2.27. The van der Waals surface area contributed by atoms with Gasteiger partial charge >= 0.3 is 0 Å². The molecule has 1 N–H and O–H groups in total. The molecule has 1 aliphatic rings. The summed E-state index contributed by atoms with van der Waals surface area (Å²) in [6.07, 6.45) is 5.70. The van der Waals surface area contributed by atoms with Crippen molar-refractivity contribution in [3.05, 3.63) is 48.3 Å². The summed E-state index contributed by atoms with van der Waals surface area (Å²) in [7, 11) is 2.04. The molecule has 0 radical (unpaired) electrons. The number of hydrogen-bond acceptors (Lipinski definition) is 4. The van der Waals surface area contributed by atoms with Crippen LogP contribution in [0.3, 0.4) is 0 Å². The molecule has 0 aliphatic carbocycles. The van der Waals surface area contributed by atoms with Crippen molar-refractivity contribution < 1.29 is 0 Å². The number of nitrogens with zero attached hydrogens (tertiary/aromatic N) is 4. The first kappa shape index (κ1) is 12.3. The van der Waals surface area contributed by atoms with Crippen LogP contribution in [0, 0.1) is 0 Å². The molecule has 3 heterocycles. The Kier molecular flexibility index (Phi) is 3.57. The van der Waals surface area contributed by atoms with Gasteiger partial charge in [0.05, 0.1) is 5.69 Å². The van der Waals surface area contributed by atoms with Crippen LogP contribution in [0.5, 0.6) is 0 Å². The minimum atomic E-state index is 0.142. The molecule has 0 bridgehead atoms. The Bertz CT molecular complexity index is 516. The summed E-state index contributed by atoms with van der Waals surface area (Å²) in [6.45, 7) is 4.09. The highest BCUT2D eigenvalue weighted by atomic mass is 15.2. The van der Waals surface area contributed by atoms with Gasteiger partial charge in [0, 0.05) is 51.8 Å². The van der Waals surface area contributed by atoms with Crippen molar-refractivity contribution >= 4 is 0 Å². The van der Waals surface area contributed by atoms with Gasteiger partial charge in [0.2, 0.25) is 0 Å². The summed E-state index contributed by atoms with van der Waals surface area (Å²) in [5.41, 5.74) is 1.07. The predicted molar refractivity (Wildman–Crippen MR) is 73.7 cm³/mol. The zero-order valence-corrected chi connectivity index (χ0v) is 11.2. The third-order valence-electron chi connectivity index (χ3n) is 3.59. The molecule has 5 heteroatoms. The van der Waals surface area contributed by atoms with Gasteiger partial charge in [-0.2, -0.15) is 0 Å². The second-order valence-electron chi connectivity index (χ2n) is 4.84. The third kappa shape index (κ3) is 2.52. The van der Waals surface area contributed by atoms with E-state index in [2.05, 4.69) is 30.8 Å². The fourth-order valence-electron chi connectivity index (χ4n) is 2.60. The molecule has 2 aromatic heterocycles. The van der Waals surface area contributed by atoms with E-state index in [1.165, 1.54) is 0 Å². The number of nitrogens with one attached hydrogen (secondary N) is 1. The van der Waals surface area contributed by atoms with Gasteiger partial charge in [0.25, 0.3) is 0 Å². The van der Waals surface area contributed by atoms with Crippen LogP contribution in [0.15, 0.2) is 36.8 Å². The van der Waals surface area contributed by atoms with Crippen LogP contribution >= 0.6 is 0 Å². The molecular weight excluding hydrogens is 238 g/mol. The monoisotopic (exact) mass is 257 g/mol. The normalized spacial score (nSPS) is 18.4. The molecule has 1 atom stereocenters. The Hall–Kier alpha value is -1.72. The molecule has 1 saturated heterocycles. The van der Waals surface area contributed by atoms with Crippen molar-refractivity contribution in [2.45, 2.75) is 6.04 Å². The Balaban J connectivity index is 1.98. The van der Waals surface area contributed by atoms with Crippen LogP contribution in [0.1, 0.15) is 17.6 Å². The molecule has 2 aromatic rings. The standard InChI is InChI=1S/C14H19N5/c1-18-9-8-17-14(18)13(12-4-2-3-5-16-12)19-10-6-15-7-11-19/h2-5,8-9,13,15H,6-7,10-11H2,1H3. The summed E-state index contributed by atoms with van der Waals surface area (Å²) in [5.74, 6) is 1.06. The van der Waals surface area contributed by atoms with E-state index in [1.54, 1.807) is 0 Å². The summed E-state index contributed by atoms with van der Waals surface area (Å²) >= 11 is 0. The molecule has 0 aromatic carbocycles. The van der Waals surface area contributed by atoms with Gasteiger partial charge in [0.1, 0.15) is 11.9 Å². The summed E-state index contributed by atoms with van der Waals surface area (Å²) in [6, 6.07) is 6.22. The molecule has 100 valence electrons. The number of piperazine rings is 1. The quantitative estimate of drug-likeness (QED) is 0.884. The van der Waals surface area contributed by atoms with E-state index < -0.39 is 0 Å². The van der Waals surface area contributed by atoms with Crippen molar-refractivity contribution in [1.29, 1.82) is 0 Å². The van der Waals surface area contributed by atoms with Gasteiger partial charge in [-0.05, 0) is 12.1 Å². The minimum absolute atomic E-state index is 0.142. The first-order valence-electron chi connectivity index (χ1n) is 6.69. The number of hydrogen-bond donors (Lipinski definition) is 1. The van der Waals surface area contributed by atoms with Gasteiger partial charge in [-0.15, -0.1) is 0 Å². The van der Waals surface area contributed by atoms with Crippen molar-refractivity contribution in [3.63, 3.8) is 0 Å². The summed E-state index contributed by atoms with van der Waals surface area (Å²) < 4.78 is 2.08. The fourth-order valence-corrected chi connectivity index (χ4v) is 2.60. The van der Waals surface area contributed by atoms with Crippen molar-refractivity contribution in [3.8, 4) is 0 Å². The van der Waals surface area contributed by atoms with E-state index in [1.807, 2.05) is 37.8 Å². The van der Waals surface area contributed by atoms with E-state index in [-0.39, 0.29) is 6.04 Å². The second-order valence-corrected chi connectivity index (χ2v) is 4.84. The Morgan fingerprint density at radius 1 is 1.16 bits per heavy atom. The van der Waals surface area contributed by atoms with E-state index in [0.717, 1.165) is 37.7 Å². The zero-order valence-electron chi connectivity index (χ0n) is 11.2. The highest BCUT2D eigenvalue weighted by Crippen LogP contribution is 2.25. The van der Waals surface area contributed by atoms with Gasteiger partial charge in [0.15, 0.2) is 0 Å². The van der Waals surface area contributed by atoms with E-state index >= 15 is 0 Å². The van der Waals surface area contributed by atoms with Gasteiger partial charge in [-0.1, -0.05) is 6.07 Å². The summed E-state index contributed by atoms with van der Waals surface area (Å²) in [5, 5.41) is 3.39. The lowest BCUT2D eigenvalue weighted by Crippen LogP contribution is -2.46. The number of pyridine rings is 1. The molecule has 1 aliphatic heterocycles. The average Bonchev–Trinajstić information content (AvgIpc) is 2.88. The average molecular weight is 257 g/mol. The van der Waals surface area contributed by atoms with Crippen LogP contribution < -0.4 is 5.32 Å². The molecule has 1 fully saturated rings. The van der Waals surface area contributed by atoms with Crippen molar-refractivity contribution in [2.24, 2.45) is 7.05 Å². The smallest absolute Gasteiger partial charge is 0.132 e. The molecule has 0 amide bonds. The van der Waals surface area contributed by atoms with Crippen LogP contribution in [0.2, 0.25) is 0 Å². The SMILES string of the molecule is Cn1ccnc1C(c1ccccn1)N1CCNCC1. The lowest BCUT2D eigenvalue weighted by Gasteiger charge is -2.34. The van der Waals surface area contributed by atoms with Crippen molar-refractivity contribution in [1.82, 2.24) is 24.8 Å². The topological polar surface area (TPSA) is 46.0 Å². The van der Waals surface area contributed by atoms with E-state index in [4.69, 9.17) is 0 Å². The number of imidazole rings is 1. The van der Waals surface area contributed by atoms with Crippen LogP contribution in [0.4, 0.5) is 0 Å². The molecule has 0 saturated carbocycles. The highest BCUT2D eigenvalue weighted by molar-refractivity contribution is 5.18. The first-order valence-corrected chi connectivity index (χ1v) is 6.69. The number of rotatable bonds is 3. The maximum absolute atomic E-state index is 4.54. The largest absolute Gasteiger partial charge is 0.336 e. The van der Waals surface area contributed by atoms with Gasteiger partial charge in [-0.3, -0.25) is 9.88 Å². The Morgan fingerprint density at radius 2 is 2.00 bits per heavy atom. The molecule has 1 unspecified atom stereocenters.